The summed E-state index contributed by atoms with van der Waals surface area (Å²) in [5, 5.41) is 10.0. The van der Waals surface area contributed by atoms with Crippen LogP contribution in [0, 0.1) is 0 Å². The van der Waals surface area contributed by atoms with Gasteiger partial charge in [-0.05, 0) is 24.5 Å². The molecule has 0 amide bonds. The Labute approximate surface area is 114 Å². The quantitative estimate of drug-likeness (QED) is 0.470. The van der Waals surface area contributed by atoms with Crippen LogP contribution in [0.5, 0.6) is 0 Å². The summed E-state index contributed by atoms with van der Waals surface area (Å²) < 4.78 is 0. The predicted molar refractivity (Wildman–Crippen MR) is 37.6 cm³/mol. The van der Waals surface area contributed by atoms with Gasteiger partial charge in [-0.15, -0.1) is 0 Å². The largest absolute Gasteiger partial charge is 1.00 e. The van der Waals surface area contributed by atoms with Crippen molar-refractivity contribution in [2.45, 2.75) is 12.8 Å². The van der Waals surface area contributed by atoms with Crippen LogP contribution >= 0.6 is 0 Å². The second kappa shape index (κ2) is 6.74. The number of carboxylic acids is 1. The van der Waals surface area contributed by atoms with Crippen LogP contribution in [0.3, 0.4) is 0 Å². The first-order valence-electron chi connectivity index (χ1n) is 3.38. The van der Waals surface area contributed by atoms with E-state index in [-0.39, 0.29) is 57.8 Å². The van der Waals surface area contributed by atoms with Crippen LogP contribution in [0.4, 0.5) is 0 Å². The summed E-state index contributed by atoms with van der Waals surface area (Å²) in [6.45, 7) is 0. The Hall–Kier alpha value is 0.256. The van der Waals surface area contributed by atoms with Crippen molar-refractivity contribution in [1.82, 2.24) is 4.98 Å². The van der Waals surface area contributed by atoms with Gasteiger partial charge >= 0.3 is 51.4 Å². The van der Waals surface area contributed by atoms with Gasteiger partial charge in [-0.3, -0.25) is 4.98 Å². The van der Waals surface area contributed by atoms with Gasteiger partial charge in [0, 0.05) is 18.4 Å². The molecule has 1 heterocycles. The zero-order valence-electron chi connectivity index (χ0n) is 6.99. The maximum atomic E-state index is 10.0. The van der Waals surface area contributed by atoms with Crippen LogP contribution in [0.2, 0.25) is 0 Å². The monoisotopic (exact) mass is 189 g/mol. The molecule has 0 atom stereocenters. The third-order valence-corrected chi connectivity index (χ3v) is 1.34. The Balaban J connectivity index is 0.00000121. The number of rotatable bonds is 3. The summed E-state index contributed by atoms with van der Waals surface area (Å²) in [4.78, 5) is 13.9. The van der Waals surface area contributed by atoms with Crippen molar-refractivity contribution in [3.8, 4) is 0 Å². The summed E-state index contributed by atoms with van der Waals surface area (Å²) in [6.07, 6.45) is 3.87. The minimum atomic E-state index is -1.02. The number of nitrogens with zero attached hydrogens (tertiary/aromatic N) is 1. The SMILES string of the molecule is O=C([O-])CCc1cccnc1.[K+]. The van der Waals surface area contributed by atoms with E-state index in [4.69, 9.17) is 0 Å². The van der Waals surface area contributed by atoms with E-state index >= 15 is 0 Å². The molecule has 58 valence electrons. The Bertz CT molecular complexity index is 238. The second-order valence-electron chi connectivity index (χ2n) is 2.23. The van der Waals surface area contributed by atoms with Gasteiger partial charge in [-0.1, -0.05) is 6.07 Å². The third-order valence-electron chi connectivity index (χ3n) is 1.34. The fraction of sp³-hybridized carbons (Fsp3) is 0.250. The zero-order valence-corrected chi connectivity index (χ0v) is 10.1. The van der Waals surface area contributed by atoms with Crippen LogP contribution in [-0.2, 0) is 11.2 Å². The van der Waals surface area contributed by atoms with E-state index in [0.29, 0.717) is 6.42 Å². The van der Waals surface area contributed by atoms with Crippen LogP contribution in [0.1, 0.15) is 12.0 Å². The molecule has 1 aromatic heterocycles. The molecular weight excluding hydrogens is 181 g/mol. The number of aromatic nitrogens is 1. The summed E-state index contributed by atoms with van der Waals surface area (Å²) in [6, 6.07) is 3.63. The maximum absolute atomic E-state index is 10.0. The molecule has 0 aliphatic rings. The average Bonchev–Trinajstić information content (AvgIpc) is 2.03. The predicted octanol–water partition coefficient (Wildman–Crippen LogP) is -3.23. The molecule has 0 aliphatic carbocycles. The molecule has 0 unspecified atom stereocenters. The van der Waals surface area contributed by atoms with Gasteiger partial charge in [0.15, 0.2) is 0 Å². The summed E-state index contributed by atoms with van der Waals surface area (Å²) in [5.74, 6) is -1.02. The number of carboxylic acid groups (broad SMARTS) is 1. The molecule has 0 N–H and O–H groups in total. The summed E-state index contributed by atoms with van der Waals surface area (Å²) in [7, 11) is 0. The van der Waals surface area contributed by atoms with Crippen LogP contribution < -0.4 is 56.5 Å². The molecule has 0 fully saturated rings. The van der Waals surface area contributed by atoms with Crippen molar-refractivity contribution < 1.29 is 61.3 Å². The van der Waals surface area contributed by atoms with Gasteiger partial charge in [0.1, 0.15) is 0 Å². The van der Waals surface area contributed by atoms with Crippen molar-refractivity contribution in [2.75, 3.05) is 0 Å². The van der Waals surface area contributed by atoms with Crippen molar-refractivity contribution >= 4 is 5.97 Å². The minimum Gasteiger partial charge on any atom is -0.550 e. The van der Waals surface area contributed by atoms with Gasteiger partial charge in [-0.25, -0.2) is 0 Å². The number of hydrogen-bond donors (Lipinski definition) is 0. The van der Waals surface area contributed by atoms with E-state index in [0.717, 1.165) is 5.56 Å². The fourth-order valence-corrected chi connectivity index (χ4v) is 0.792. The van der Waals surface area contributed by atoms with Gasteiger partial charge in [0.05, 0.1) is 0 Å². The average molecular weight is 189 g/mol. The number of pyridine rings is 1. The topological polar surface area (TPSA) is 53.0 Å². The van der Waals surface area contributed by atoms with Gasteiger partial charge in [0.25, 0.3) is 0 Å². The standard InChI is InChI=1S/C8H9NO2.K/c10-8(11)4-3-7-2-1-5-9-6-7;/h1-2,5-6H,3-4H2,(H,10,11);/q;+1/p-1. The normalized spacial score (nSPS) is 8.67. The molecule has 0 saturated carbocycles. The Morgan fingerprint density at radius 2 is 2.33 bits per heavy atom. The third kappa shape index (κ3) is 5.00. The second-order valence-corrected chi connectivity index (χ2v) is 2.23. The van der Waals surface area contributed by atoms with Crippen LogP contribution in [-0.4, -0.2) is 11.0 Å². The van der Waals surface area contributed by atoms with Gasteiger partial charge in [-0.2, -0.15) is 0 Å². The number of carbonyl (C=O) groups is 1. The molecule has 0 spiro atoms. The molecule has 0 radical (unpaired) electrons. The Morgan fingerprint density at radius 1 is 1.58 bits per heavy atom. The van der Waals surface area contributed by atoms with Crippen molar-refractivity contribution in [3.63, 3.8) is 0 Å². The van der Waals surface area contributed by atoms with E-state index in [1.165, 1.54) is 0 Å². The smallest absolute Gasteiger partial charge is 0.550 e. The van der Waals surface area contributed by atoms with Crippen LogP contribution in [0.15, 0.2) is 24.5 Å². The van der Waals surface area contributed by atoms with Gasteiger partial charge in [0.2, 0.25) is 0 Å². The van der Waals surface area contributed by atoms with E-state index < -0.39 is 5.97 Å². The van der Waals surface area contributed by atoms with Crippen LogP contribution in [0.25, 0.3) is 0 Å². The molecule has 0 saturated heterocycles. The van der Waals surface area contributed by atoms with Crippen molar-refractivity contribution in [2.24, 2.45) is 0 Å². The van der Waals surface area contributed by atoms with Gasteiger partial charge < -0.3 is 9.90 Å². The van der Waals surface area contributed by atoms with Crippen molar-refractivity contribution in [3.05, 3.63) is 30.1 Å². The maximum Gasteiger partial charge on any atom is 1.00 e. The molecule has 12 heavy (non-hydrogen) atoms. The Kier molecular flexibility index (Phi) is 6.88. The zero-order chi connectivity index (χ0) is 8.10. The number of carbonyl (C=O) groups excluding carboxylic acids is 1. The Morgan fingerprint density at radius 3 is 2.83 bits per heavy atom. The molecule has 0 aromatic carbocycles. The number of hydrogen-bond acceptors (Lipinski definition) is 3. The molecule has 0 bridgehead atoms. The van der Waals surface area contributed by atoms with Crippen molar-refractivity contribution in [1.29, 1.82) is 0 Å². The van der Waals surface area contributed by atoms with E-state index in [1.807, 2.05) is 6.07 Å². The van der Waals surface area contributed by atoms with E-state index in [9.17, 15) is 9.90 Å². The first-order valence-corrected chi connectivity index (χ1v) is 3.38. The molecule has 3 nitrogen and oxygen atoms in total. The minimum absolute atomic E-state index is 0. The van der Waals surface area contributed by atoms with E-state index in [2.05, 4.69) is 4.98 Å². The number of aliphatic carboxylic acids is 1. The summed E-state index contributed by atoms with van der Waals surface area (Å²) >= 11 is 0. The number of aryl methyl sites for hydroxylation is 1. The molecular formula is C8H8KNO2. The molecule has 1 aromatic rings. The molecule has 1 rings (SSSR count). The summed E-state index contributed by atoms with van der Waals surface area (Å²) in [5.41, 5.74) is 0.928. The van der Waals surface area contributed by atoms with E-state index in [1.54, 1.807) is 18.5 Å². The molecule has 4 heteroatoms. The molecule has 0 aliphatic heterocycles. The fourth-order valence-electron chi connectivity index (χ4n) is 0.792. The first-order chi connectivity index (χ1) is 5.29. The first kappa shape index (κ1) is 12.3.